The maximum atomic E-state index is 12.9. The molecule has 38 heavy (non-hydrogen) atoms. The summed E-state index contributed by atoms with van der Waals surface area (Å²) in [5.74, 6) is 1.54. The van der Waals surface area contributed by atoms with Gasteiger partial charge >= 0.3 is 5.97 Å². The Kier molecular flexibility index (Phi) is 8.69. The fourth-order valence-electron chi connectivity index (χ4n) is 4.78. The van der Waals surface area contributed by atoms with Crippen LogP contribution in [0.3, 0.4) is 0 Å². The molecule has 2 heterocycles. The van der Waals surface area contributed by atoms with Gasteiger partial charge in [0, 0.05) is 30.5 Å². The van der Waals surface area contributed by atoms with Crippen LogP contribution in [0.4, 0.5) is 5.69 Å². The van der Waals surface area contributed by atoms with E-state index in [4.69, 9.17) is 40.7 Å². The molecule has 0 unspecified atom stereocenters. The summed E-state index contributed by atoms with van der Waals surface area (Å²) in [6, 6.07) is 6.62. The van der Waals surface area contributed by atoms with Crippen molar-refractivity contribution < 1.29 is 33.0 Å². The number of methoxy groups -OCH3 is 3. The first-order valence-corrected chi connectivity index (χ1v) is 12.9. The molecule has 0 amide bonds. The molecule has 1 saturated heterocycles. The van der Waals surface area contributed by atoms with Gasteiger partial charge in [0.05, 0.1) is 32.0 Å². The van der Waals surface area contributed by atoms with Gasteiger partial charge in [-0.3, -0.25) is 4.79 Å². The number of hydrogen-bond acceptors (Lipinski definition) is 9. The van der Waals surface area contributed by atoms with E-state index in [0.29, 0.717) is 75.9 Å². The minimum absolute atomic E-state index is 0.00899. The zero-order chi connectivity index (χ0) is 27.4. The Hall–Kier alpha value is -3.43. The summed E-state index contributed by atoms with van der Waals surface area (Å²) in [4.78, 5) is 28.0. The van der Waals surface area contributed by atoms with Gasteiger partial charge in [0.25, 0.3) is 0 Å². The summed E-state index contributed by atoms with van der Waals surface area (Å²) >= 11 is 6.24. The lowest BCUT2D eigenvalue weighted by molar-refractivity contribution is 0.0113. The average molecular weight is 545 g/mol. The Morgan fingerprint density at radius 2 is 1.71 bits per heavy atom. The summed E-state index contributed by atoms with van der Waals surface area (Å²) in [5, 5.41) is 0.902. The number of furan rings is 1. The van der Waals surface area contributed by atoms with E-state index < -0.39 is 5.97 Å². The number of ether oxygens (including phenoxy) is 4. The molecule has 2 N–H and O–H groups in total. The lowest BCUT2D eigenvalue weighted by Crippen LogP contribution is -2.38. The highest BCUT2D eigenvalue weighted by molar-refractivity contribution is 6.35. The molecule has 10 heteroatoms. The van der Waals surface area contributed by atoms with Crippen molar-refractivity contribution in [2.45, 2.75) is 38.7 Å². The van der Waals surface area contributed by atoms with E-state index in [1.54, 1.807) is 25.1 Å². The van der Waals surface area contributed by atoms with E-state index >= 15 is 0 Å². The number of esters is 1. The Morgan fingerprint density at radius 1 is 1.05 bits per heavy atom. The lowest BCUT2D eigenvalue weighted by Gasteiger charge is -2.31. The third-order valence-corrected chi connectivity index (χ3v) is 7.12. The third kappa shape index (κ3) is 5.84. The number of anilines is 1. The summed E-state index contributed by atoms with van der Waals surface area (Å²) in [5.41, 5.74) is 7.62. The van der Waals surface area contributed by atoms with Crippen LogP contribution in [0.1, 0.15) is 52.2 Å². The standard InChI is InChI=1S/C28H33ClN2O7/c1-16-12-19-25(30)21(29)15-20(26(19)37-16)28(33)38-18-7-10-31(11-8-18)9-5-6-22(32)17-13-23(34-2)27(36-4)24(14-17)35-3/h12-15,18H,5-11,30H2,1-4H3. The third-order valence-electron chi connectivity index (χ3n) is 6.81. The number of likely N-dealkylation sites (tertiary alicyclic amines) is 1. The number of nitrogen functional groups attached to an aromatic ring is 1. The van der Waals surface area contributed by atoms with Crippen molar-refractivity contribution in [1.29, 1.82) is 0 Å². The molecule has 3 aromatic rings. The molecule has 9 nitrogen and oxygen atoms in total. The van der Waals surface area contributed by atoms with Crippen LogP contribution in [-0.2, 0) is 4.74 Å². The minimum Gasteiger partial charge on any atom is -0.493 e. The van der Waals surface area contributed by atoms with Crippen molar-refractivity contribution in [3.8, 4) is 17.2 Å². The van der Waals surface area contributed by atoms with Crippen LogP contribution in [0.15, 0.2) is 28.7 Å². The zero-order valence-corrected chi connectivity index (χ0v) is 22.9. The molecular weight excluding hydrogens is 512 g/mol. The highest BCUT2D eigenvalue weighted by atomic mass is 35.5. The van der Waals surface area contributed by atoms with Gasteiger partial charge in [-0.2, -0.15) is 0 Å². The number of fused-ring (bicyclic) bond motifs is 1. The van der Waals surface area contributed by atoms with Gasteiger partial charge in [-0.15, -0.1) is 0 Å². The molecule has 1 aliphatic rings. The van der Waals surface area contributed by atoms with Gasteiger partial charge < -0.3 is 34.0 Å². The van der Waals surface area contributed by atoms with E-state index in [-0.39, 0.29) is 17.5 Å². The van der Waals surface area contributed by atoms with Gasteiger partial charge in [-0.1, -0.05) is 11.6 Å². The van der Waals surface area contributed by atoms with Crippen LogP contribution < -0.4 is 19.9 Å². The molecule has 4 rings (SSSR count). The fourth-order valence-corrected chi connectivity index (χ4v) is 4.99. The normalized spacial score (nSPS) is 14.4. The van der Waals surface area contributed by atoms with Crippen LogP contribution in [-0.4, -0.2) is 63.7 Å². The number of halogens is 1. The molecule has 0 bridgehead atoms. The molecule has 0 radical (unpaired) electrons. The number of hydrogen-bond donors (Lipinski definition) is 1. The maximum absolute atomic E-state index is 12.9. The van der Waals surface area contributed by atoms with Crippen molar-refractivity contribution in [3.05, 3.63) is 46.2 Å². The molecule has 1 aliphatic heterocycles. The van der Waals surface area contributed by atoms with Crippen molar-refractivity contribution in [1.82, 2.24) is 4.90 Å². The second-order valence-electron chi connectivity index (χ2n) is 9.31. The summed E-state index contributed by atoms with van der Waals surface area (Å²) in [6.07, 6.45) is 2.30. The SMILES string of the molecule is COc1cc(C(=O)CCCN2CCC(OC(=O)c3cc(Cl)c(N)c4cc(C)oc34)CC2)cc(OC)c1OC. The van der Waals surface area contributed by atoms with Crippen LogP contribution in [0, 0.1) is 6.92 Å². The number of ketones is 1. The van der Waals surface area contributed by atoms with E-state index in [1.807, 2.05) is 0 Å². The molecule has 2 aromatic carbocycles. The first kappa shape index (κ1) is 27.6. The number of benzene rings is 2. The number of carbonyl (C=O) groups excluding carboxylic acids is 2. The monoisotopic (exact) mass is 544 g/mol. The van der Waals surface area contributed by atoms with Crippen molar-refractivity contribution in [3.63, 3.8) is 0 Å². The van der Waals surface area contributed by atoms with E-state index in [2.05, 4.69) is 4.90 Å². The minimum atomic E-state index is -0.472. The van der Waals surface area contributed by atoms with E-state index in [9.17, 15) is 9.59 Å². The number of aryl methyl sites for hydroxylation is 1. The summed E-state index contributed by atoms with van der Waals surface area (Å²) < 4.78 is 27.5. The molecule has 0 atom stereocenters. The Labute approximate surface area is 226 Å². The number of nitrogens with zero attached hydrogens (tertiary/aromatic N) is 1. The number of Topliss-reactive ketones (excluding diaryl/α,β-unsaturated/α-hetero) is 1. The van der Waals surface area contributed by atoms with Gasteiger partial charge in [-0.25, -0.2) is 4.79 Å². The molecule has 1 fully saturated rings. The predicted molar refractivity (Wildman–Crippen MR) is 145 cm³/mol. The second kappa shape index (κ2) is 12.0. The molecule has 0 saturated carbocycles. The smallest absolute Gasteiger partial charge is 0.342 e. The summed E-state index contributed by atoms with van der Waals surface area (Å²) in [7, 11) is 4.57. The summed E-state index contributed by atoms with van der Waals surface area (Å²) in [6.45, 7) is 4.11. The Bertz CT molecular complexity index is 1300. The highest BCUT2D eigenvalue weighted by Gasteiger charge is 2.26. The quantitative estimate of drug-likeness (QED) is 0.206. The topological polar surface area (TPSA) is 113 Å². The Morgan fingerprint density at radius 3 is 2.32 bits per heavy atom. The Balaban J connectivity index is 1.27. The molecule has 0 aliphatic carbocycles. The number of carbonyl (C=O) groups is 2. The second-order valence-corrected chi connectivity index (χ2v) is 9.71. The van der Waals surface area contributed by atoms with Crippen LogP contribution in [0.5, 0.6) is 17.2 Å². The zero-order valence-electron chi connectivity index (χ0n) is 22.1. The molecular formula is C28H33ClN2O7. The number of piperidine rings is 1. The first-order valence-electron chi connectivity index (χ1n) is 12.5. The molecule has 0 spiro atoms. The average Bonchev–Trinajstić information content (AvgIpc) is 3.32. The molecule has 1 aromatic heterocycles. The van der Waals surface area contributed by atoms with Crippen molar-refractivity contribution in [2.24, 2.45) is 0 Å². The number of nitrogens with two attached hydrogens (primary N) is 1. The highest BCUT2D eigenvalue weighted by Crippen LogP contribution is 2.38. The maximum Gasteiger partial charge on any atom is 0.342 e. The van der Waals surface area contributed by atoms with Crippen LogP contribution in [0.2, 0.25) is 5.02 Å². The largest absolute Gasteiger partial charge is 0.493 e. The number of rotatable bonds is 10. The van der Waals surface area contributed by atoms with Crippen molar-refractivity contribution in [2.75, 3.05) is 46.7 Å². The van der Waals surface area contributed by atoms with Gasteiger partial charge in [0.2, 0.25) is 5.75 Å². The van der Waals surface area contributed by atoms with Gasteiger partial charge in [0.15, 0.2) is 22.9 Å². The fraction of sp³-hybridized carbons (Fsp3) is 0.429. The van der Waals surface area contributed by atoms with Gasteiger partial charge in [0.1, 0.15) is 17.4 Å². The van der Waals surface area contributed by atoms with E-state index in [0.717, 1.165) is 19.6 Å². The van der Waals surface area contributed by atoms with Crippen LogP contribution >= 0.6 is 11.6 Å². The van der Waals surface area contributed by atoms with Gasteiger partial charge in [-0.05, 0) is 57.0 Å². The molecule has 204 valence electrons. The first-order chi connectivity index (χ1) is 18.2. The van der Waals surface area contributed by atoms with E-state index in [1.165, 1.54) is 27.4 Å². The van der Waals surface area contributed by atoms with Crippen molar-refractivity contribution >= 4 is 40.0 Å². The van der Waals surface area contributed by atoms with Crippen LogP contribution in [0.25, 0.3) is 11.0 Å². The lowest BCUT2D eigenvalue weighted by atomic mass is 10.0. The predicted octanol–water partition coefficient (Wildman–Crippen LogP) is 5.29.